The zero-order valence-electron chi connectivity index (χ0n) is 17.8. The molecule has 1 aliphatic heterocycles. The van der Waals surface area contributed by atoms with Gasteiger partial charge in [-0.1, -0.05) is 19.1 Å². The third-order valence-corrected chi connectivity index (χ3v) is 5.47. The van der Waals surface area contributed by atoms with E-state index in [9.17, 15) is 25.2 Å². The highest BCUT2D eigenvalue weighted by Gasteiger charge is 2.36. The first-order chi connectivity index (χ1) is 15.4. The topological polar surface area (TPSA) is 149 Å². The lowest BCUT2D eigenvalue weighted by Gasteiger charge is -2.20. The molecule has 9 nitrogen and oxygen atoms in total. The van der Waals surface area contributed by atoms with Crippen molar-refractivity contribution in [1.82, 2.24) is 5.32 Å². The van der Waals surface area contributed by atoms with Crippen LogP contribution in [0.25, 0.3) is 11.1 Å². The Hall–Kier alpha value is -2.69. The number of rotatable bonds is 9. The first-order valence-electron chi connectivity index (χ1n) is 10.5. The van der Waals surface area contributed by atoms with E-state index in [-0.39, 0.29) is 50.2 Å². The van der Waals surface area contributed by atoms with Crippen molar-refractivity contribution in [1.29, 1.82) is 0 Å². The highest BCUT2D eigenvalue weighted by molar-refractivity contribution is 5.96. The number of benzene rings is 2. The molecule has 174 valence electrons. The zero-order chi connectivity index (χ0) is 23.3. The largest absolute Gasteiger partial charge is 0.508 e. The smallest absolute Gasteiger partial charge is 0.251 e. The summed E-state index contributed by atoms with van der Waals surface area (Å²) in [6, 6.07) is 7.91. The maximum absolute atomic E-state index is 12.3. The Kier molecular flexibility index (Phi) is 8.05. The third kappa shape index (κ3) is 5.03. The highest BCUT2D eigenvalue weighted by Crippen LogP contribution is 2.41. The second-order valence-electron chi connectivity index (χ2n) is 7.51. The number of amides is 1. The summed E-state index contributed by atoms with van der Waals surface area (Å²) in [5, 5.41) is 51.6. The fourth-order valence-electron chi connectivity index (χ4n) is 3.96. The summed E-state index contributed by atoms with van der Waals surface area (Å²) in [7, 11) is 0. The van der Waals surface area contributed by atoms with E-state index in [0.717, 1.165) is 0 Å². The quantitative estimate of drug-likeness (QED) is 0.329. The predicted molar refractivity (Wildman–Crippen MR) is 115 cm³/mol. The minimum atomic E-state index is -0.800. The molecular formula is C23H29NO8. The van der Waals surface area contributed by atoms with Crippen LogP contribution >= 0.6 is 0 Å². The molecule has 1 amide bonds. The van der Waals surface area contributed by atoms with Gasteiger partial charge in [-0.2, -0.15) is 0 Å². The van der Waals surface area contributed by atoms with E-state index < -0.39 is 18.5 Å². The van der Waals surface area contributed by atoms with E-state index in [1.54, 1.807) is 24.3 Å². The van der Waals surface area contributed by atoms with Crippen LogP contribution in [0.3, 0.4) is 0 Å². The van der Waals surface area contributed by atoms with Crippen LogP contribution in [-0.2, 0) is 22.3 Å². The van der Waals surface area contributed by atoms with Crippen LogP contribution < -0.4 is 5.32 Å². The van der Waals surface area contributed by atoms with E-state index in [1.165, 1.54) is 6.07 Å². The molecule has 2 aromatic carbocycles. The molecule has 6 N–H and O–H groups in total. The summed E-state index contributed by atoms with van der Waals surface area (Å²) in [5.74, 6) is -0.607. The van der Waals surface area contributed by atoms with Gasteiger partial charge in [0.25, 0.3) is 5.91 Å². The van der Waals surface area contributed by atoms with Crippen molar-refractivity contribution in [2.45, 2.75) is 38.3 Å². The minimum Gasteiger partial charge on any atom is -0.508 e. The van der Waals surface area contributed by atoms with Crippen LogP contribution in [0, 0.1) is 0 Å². The van der Waals surface area contributed by atoms with Gasteiger partial charge in [-0.25, -0.2) is 0 Å². The molecule has 0 radical (unpaired) electrons. The van der Waals surface area contributed by atoms with Crippen LogP contribution in [0.2, 0.25) is 0 Å². The van der Waals surface area contributed by atoms with Crippen LogP contribution in [0.5, 0.6) is 11.5 Å². The lowest BCUT2D eigenvalue weighted by molar-refractivity contribution is -0.0725. The van der Waals surface area contributed by atoms with E-state index in [1.807, 2.05) is 6.92 Å². The lowest BCUT2D eigenvalue weighted by Crippen LogP contribution is -2.29. The molecule has 0 unspecified atom stereocenters. The Morgan fingerprint density at radius 1 is 1.00 bits per heavy atom. The van der Waals surface area contributed by atoms with Crippen molar-refractivity contribution in [3.05, 3.63) is 47.0 Å². The van der Waals surface area contributed by atoms with Crippen molar-refractivity contribution in [2.75, 3.05) is 26.4 Å². The molecule has 0 saturated carbocycles. The van der Waals surface area contributed by atoms with Crippen LogP contribution in [0.4, 0.5) is 0 Å². The van der Waals surface area contributed by atoms with Gasteiger partial charge in [-0.3, -0.25) is 4.79 Å². The molecule has 1 fully saturated rings. The van der Waals surface area contributed by atoms with Crippen molar-refractivity contribution in [3.63, 3.8) is 0 Å². The third-order valence-electron chi connectivity index (χ3n) is 5.47. The van der Waals surface area contributed by atoms with Gasteiger partial charge >= 0.3 is 0 Å². The summed E-state index contributed by atoms with van der Waals surface area (Å²) in [6.45, 7) is 1.17. The first kappa shape index (κ1) is 24.0. The van der Waals surface area contributed by atoms with E-state index in [0.29, 0.717) is 34.2 Å². The Morgan fingerprint density at radius 2 is 1.69 bits per heavy atom. The number of aliphatic hydroxyl groups is 3. The van der Waals surface area contributed by atoms with Gasteiger partial charge in [0, 0.05) is 30.2 Å². The zero-order valence-corrected chi connectivity index (χ0v) is 17.8. The number of carbonyl (C=O) groups excluding carboxylic acids is 1. The number of aliphatic hydroxyl groups excluding tert-OH is 3. The molecule has 0 spiro atoms. The average molecular weight is 447 g/mol. The molecule has 0 aliphatic carbocycles. The predicted octanol–water partition coefficient (Wildman–Crippen LogP) is 0.686. The molecule has 9 heteroatoms. The second kappa shape index (κ2) is 10.8. The van der Waals surface area contributed by atoms with E-state index in [2.05, 4.69) is 5.32 Å². The molecule has 3 rings (SSSR count). The molecule has 1 saturated heterocycles. The SMILES string of the molecule is CCc1c(O)cc(O)c(-c2cccc(C(=O)NCCO)c2)c1CC1O[C@H](CO)[C@@H](CO)O1. The Labute approximate surface area is 185 Å². The number of phenols is 2. The molecule has 2 atom stereocenters. The standard InChI is InChI=1S/C23H29NO8/c1-2-15-16(9-21-31-19(11-26)20(12-27)32-21)22(18(29)10-17(15)28)13-4-3-5-14(8-13)23(30)24-6-7-25/h3-5,8,10,19-21,25-29H,2,6-7,9,11-12H2,1H3,(H,24,30)/t19-,20-/m1/s1. The second-order valence-corrected chi connectivity index (χ2v) is 7.51. The number of carbonyl (C=O) groups is 1. The average Bonchev–Trinajstić information content (AvgIpc) is 3.19. The monoisotopic (exact) mass is 447 g/mol. The molecule has 2 aromatic rings. The fourth-order valence-corrected chi connectivity index (χ4v) is 3.96. The van der Waals surface area contributed by atoms with Crippen molar-refractivity contribution < 1.29 is 39.8 Å². The summed E-state index contributed by atoms with van der Waals surface area (Å²) in [4.78, 5) is 12.3. The fraction of sp³-hybridized carbons (Fsp3) is 0.435. The molecule has 1 heterocycles. The van der Waals surface area contributed by atoms with E-state index >= 15 is 0 Å². The number of phenolic OH excluding ortho intramolecular Hbond substituents is 2. The van der Waals surface area contributed by atoms with Gasteiger partial charge in [0.05, 0.1) is 19.8 Å². The molecule has 32 heavy (non-hydrogen) atoms. The summed E-state index contributed by atoms with van der Waals surface area (Å²) in [6.07, 6.45) is -1.55. The number of hydrogen-bond acceptors (Lipinski definition) is 8. The van der Waals surface area contributed by atoms with Crippen molar-refractivity contribution in [2.24, 2.45) is 0 Å². The van der Waals surface area contributed by atoms with Crippen molar-refractivity contribution in [3.8, 4) is 22.6 Å². The Morgan fingerprint density at radius 3 is 2.28 bits per heavy atom. The first-order valence-corrected chi connectivity index (χ1v) is 10.5. The number of nitrogens with one attached hydrogen (secondary N) is 1. The van der Waals surface area contributed by atoms with Gasteiger partial charge in [-0.05, 0) is 35.2 Å². The maximum atomic E-state index is 12.3. The van der Waals surface area contributed by atoms with Gasteiger partial charge < -0.3 is 40.3 Å². The Balaban J connectivity index is 2.03. The maximum Gasteiger partial charge on any atom is 0.251 e. The number of hydrogen-bond donors (Lipinski definition) is 6. The normalized spacial score (nSPS) is 18.8. The molecule has 0 bridgehead atoms. The molecule has 0 aromatic heterocycles. The number of aromatic hydroxyl groups is 2. The number of ether oxygens (including phenoxy) is 2. The van der Waals surface area contributed by atoms with Gasteiger partial charge in [0.15, 0.2) is 6.29 Å². The van der Waals surface area contributed by atoms with Crippen LogP contribution in [-0.4, -0.2) is 76.3 Å². The molecular weight excluding hydrogens is 418 g/mol. The molecule has 1 aliphatic rings. The summed E-state index contributed by atoms with van der Waals surface area (Å²) < 4.78 is 11.4. The van der Waals surface area contributed by atoms with Crippen LogP contribution in [0.1, 0.15) is 28.4 Å². The lowest BCUT2D eigenvalue weighted by atomic mass is 9.89. The van der Waals surface area contributed by atoms with Gasteiger partial charge in [-0.15, -0.1) is 0 Å². The van der Waals surface area contributed by atoms with Crippen LogP contribution in [0.15, 0.2) is 30.3 Å². The van der Waals surface area contributed by atoms with E-state index in [4.69, 9.17) is 14.6 Å². The summed E-state index contributed by atoms with van der Waals surface area (Å²) >= 11 is 0. The summed E-state index contributed by atoms with van der Waals surface area (Å²) in [5.41, 5.74) is 2.50. The minimum absolute atomic E-state index is 0.0731. The van der Waals surface area contributed by atoms with Crippen molar-refractivity contribution >= 4 is 5.91 Å². The highest BCUT2D eigenvalue weighted by atomic mass is 16.7. The van der Waals surface area contributed by atoms with Gasteiger partial charge in [0.1, 0.15) is 23.7 Å². The van der Waals surface area contributed by atoms with Gasteiger partial charge in [0.2, 0.25) is 0 Å². The Bertz CT molecular complexity index is 936.